The summed E-state index contributed by atoms with van der Waals surface area (Å²) in [6.45, 7) is 9.73. The Morgan fingerprint density at radius 2 is 1.85 bits per heavy atom. The molecular weight excluding hydrogens is 160 g/mol. The normalized spacial score (nSPS) is 13.2. The summed E-state index contributed by atoms with van der Waals surface area (Å²) in [6.07, 6.45) is 7.96. The van der Waals surface area contributed by atoms with Crippen LogP contribution in [0, 0.1) is 12.8 Å². The molecule has 0 aromatic heterocycles. The van der Waals surface area contributed by atoms with E-state index in [0.29, 0.717) is 6.61 Å². The van der Waals surface area contributed by atoms with E-state index < -0.39 is 0 Å². The maximum absolute atomic E-state index is 5.37. The quantitative estimate of drug-likeness (QED) is 0.496. The lowest BCUT2D eigenvalue weighted by atomic mass is 9.97. The average molecular weight is 185 g/mol. The SMILES string of the molecule is [CH2]COCC(CCC)CCCCC. The van der Waals surface area contributed by atoms with E-state index in [1.54, 1.807) is 0 Å². The van der Waals surface area contributed by atoms with E-state index in [4.69, 9.17) is 4.74 Å². The third kappa shape index (κ3) is 8.29. The zero-order valence-electron chi connectivity index (χ0n) is 9.35. The lowest BCUT2D eigenvalue weighted by Gasteiger charge is -2.15. The predicted molar refractivity (Wildman–Crippen MR) is 58.7 cm³/mol. The molecule has 0 spiro atoms. The molecule has 1 radical (unpaired) electrons. The van der Waals surface area contributed by atoms with Gasteiger partial charge in [-0.3, -0.25) is 0 Å². The summed E-state index contributed by atoms with van der Waals surface area (Å²) in [5.41, 5.74) is 0. The molecule has 0 aliphatic heterocycles. The maximum Gasteiger partial charge on any atom is 0.0494 e. The highest BCUT2D eigenvalue weighted by Gasteiger charge is 2.06. The summed E-state index contributed by atoms with van der Waals surface area (Å²) in [4.78, 5) is 0. The van der Waals surface area contributed by atoms with Gasteiger partial charge >= 0.3 is 0 Å². The second-order valence-corrected chi connectivity index (χ2v) is 3.73. The molecule has 0 fully saturated rings. The molecule has 0 aliphatic carbocycles. The minimum atomic E-state index is 0.619. The monoisotopic (exact) mass is 185 g/mol. The van der Waals surface area contributed by atoms with Crippen LogP contribution < -0.4 is 0 Å². The summed E-state index contributed by atoms with van der Waals surface area (Å²) in [5.74, 6) is 0.776. The minimum Gasteiger partial charge on any atom is -0.381 e. The Kier molecular flexibility index (Phi) is 10.0. The molecule has 1 unspecified atom stereocenters. The van der Waals surface area contributed by atoms with E-state index in [0.717, 1.165) is 12.5 Å². The van der Waals surface area contributed by atoms with Crippen LogP contribution >= 0.6 is 0 Å². The van der Waals surface area contributed by atoms with E-state index in [1.165, 1.54) is 38.5 Å². The fourth-order valence-electron chi connectivity index (χ4n) is 1.65. The molecule has 0 aromatic rings. The first-order valence-electron chi connectivity index (χ1n) is 5.72. The summed E-state index contributed by atoms with van der Waals surface area (Å²) in [6, 6.07) is 0. The molecule has 0 aliphatic rings. The van der Waals surface area contributed by atoms with Gasteiger partial charge in [-0.15, -0.1) is 0 Å². The summed E-state index contributed by atoms with van der Waals surface area (Å²) in [5, 5.41) is 0. The van der Waals surface area contributed by atoms with Crippen LogP contribution in [-0.2, 0) is 4.74 Å². The van der Waals surface area contributed by atoms with Crippen molar-refractivity contribution < 1.29 is 4.74 Å². The molecule has 0 amide bonds. The summed E-state index contributed by atoms with van der Waals surface area (Å²) < 4.78 is 5.37. The Hall–Kier alpha value is -0.0400. The Morgan fingerprint density at radius 3 is 2.38 bits per heavy atom. The van der Waals surface area contributed by atoms with Crippen molar-refractivity contribution in [2.75, 3.05) is 13.2 Å². The maximum atomic E-state index is 5.37. The van der Waals surface area contributed by atoms with Crippen LogP contribution in [0.2, 0.25) is 0 Å². The van der Waals surface area contributed by atoms with Gasteiger partial charge in [0.05, 0.1) is 0 Å². The lowest BCUT2D eigenvalue weighted by Crippen LogP contribution is -2.09. The fourth-order valence-corrected chi connectivity index (χ4v) is 1.65. The first-order chi connectivity index (χ1) is 6.35. The number of ether oxygens (including phenoxy) is 1. The fraction of sp³-hybridized carbons (Fsp3) is 0.917. The standard InChI is InChI=1S/C12H25O/c1-4-7-8-10-12(9-5-2)11-13-6-3/h12H,3-11H2,1-2H3. The second-order valence-electron chi connectivity index (χ2n) is 3.73. The predicted octanol–water partition coefficient (Wildman–Crippen LogP) is 3.83. The molecule has 0 heterocycles. The molecule has 0 aromatic carbocycles. The van der Waals surface area contributed by atoms with E-state index in [-0.39, 0.29) is 0 Å². The Labute approximate surface area is 83.9 Å². The minimum absolute atomic E-state index is 0.619. The van der Waals surface area contributed by atoms with Gasteiger partial charge in [-0.1, -0.05) is 39.5 Å². The van der Waals surface area contributed by atoms with Gasteiger partial charge < -0.3 is 4.74 Å². The van der Waals surface area contributed by atoms with Crippen LogP contribution in [0.4, 0.5) is 0 Å². The van der Waals surface area contributed by atoms with Gasteiger partial charge in [0.2, 0.25) is 0 Å². The summed E-state index contributed by atoms with van der Waals surface area (Å²) in [7, 11) is 0. The van der Waals surface area contributed by atoms with Crippen molar-refractivity contribution in [1.29, 1.82) is 0 Å². The van der Waals surface area contributed by atoms with Gasteiger partial charge in [0.15, 0.2) is 0 Å². The average Bonchev–Trinajstić information content (AvgIpc) is 2.14. The highest BCUT2D eigenvalue weighted by molar-refractivity contribution is 4.58. The van der Waals surface area contributed by atoms with Gasteiger partial charge in [0, 0.05) is 13.2 Å². The molecule has 79 valence electrons. The first-order valence-corrected chi connectivity index (χ1v) is 5.72. The highest BCUT2D eigenvalue weighted by atomic mass is 16.5. The highest BCUT2D eigenvalue weighted by Crippen LogP contribution is 2.15. The van der Waals surface area contributed by atoms with E-state index in [1.807, 2.05) is 0 Å². The topological polar surface area (TPSA) is 9.23 Å². The second kappa shape index (κ2) is 10.0. The molecule has 0 saturated heterocycles. The molecule has 13 heavy (non-hydrogen) atoms. The Morgan fingerprint density at radius 1 is 1.08 bits per heavy atom. The van der Waals surface area contributed by atoms with Gasteiger partial charge in [0.25, 0.3) is 0 Å². The Bertz CT molecular complexity index is 91.1. The molecule has 1 atom stereocenters. The largest absolute Gasteiger partial charge is 0.381 e. The molecule has 0 saturated carbocycles. The molecule has 0 bridgehead atoms. The third-order valence-electron chi connectivity index (χ3n) is 2.41. The van der Waals surface area contributed by atoms with Crippen LogP contribution in [0.25, 0.3) is 0 Å². The van der Waals surface area contributed by atoms with Crippen LogP contribution in [0.1, 0.15) is 52.4 Å². The lowest BCUT2D eigenvalue weighted by molar-refractivity contribution is 0.112. The van der Waals surface area contributed by atoms with Crippen LogP contribution in [0.3, 0.4) is 0 Å². The number of unbranched alkanes of at least 4 members (excludes halogenated alkanes) is 2. The zero-order valence-corrected chi connectivity index (χ0v) is 9.35. The molecule has 1 nitrogen and oxygen atoms in total. The Balaban J connectivity index is 3.41. The van der Waals surface area contributed by atoms with E-state index in [9.17, 15) is 0 Å². The molecular formula is C12H25O. The van der Waals surface area contributed by atoms with Gasteiger partial charge in [0.1, 0.15) is 0 Å². The number of hydrogen-bond donors (Lipinski definition) is 0. The van der Waals surface area contributed by atoms with Crippen LogP contribution in [-0.4, -0.2) is 13.2 Å². The van der Waals surface area contributed by atoms with Crippen molar-refractivity contribution in [3.8, 4) is 0 Å². The number of rotatable bonds is 9. The summed E-state index contributed by atoms with van der Waals surface area (Å²) >= 11 is 0. The van der Waals surface area contributed by atoms with Gasteiger partial charge in [-0.25, -0.2) is 0 Å². The van der Waals surface area contributed by atoms with Crippen LogP contribution in [0.5, 0.6) is 0 Å². The molecule has 1 heteroatoms. The van der Waals surface area contributed by atoms with E-state index in [2.05, 4.69) is 20.8 Å². The van der Waals surface area contributed by atoms with Crippen molar-refractivity contribution in [2.45, 2.75) is 52.4 Å². The van der Waals surface area contributed by atoms with Gasteiger partial charge in [-0.05, 0) is 25.7 Å². The number of hydrogen-bond acceptors (Lipinski definition) is 1. The van der Waals surface area contributed by atoms with Crippen LogP contribution in [0.15, 0.2) is 0 Å². The van der Waals surface area contributed by atoms with E-state index >= 15 is 0 Å². The molecule has 0 rings (SSSR count). The third-order valence-corrected chi connectivity index (χ3v) is 2.41. The van der Waals surface area contributed by atoms with Crippen molar-refractivity contribution in [3.05, 3.63) is 6.92 Å². The first kappa shape index (κ1) is 13.0. The smallest absolute Gasteiger partial charge is 0.0494 e. The van der Waals surface area contributed by atoms with Gasteiger partial charge in [-0.2, -0.15) is 0 Å². The van der Waals surface area contributed by atoms with Crippen molar-refractivity contribution in [1.82, 2.24) is 0 Å². The molecule has 0 N–H and O–H groups in total. The van der Waals surface area contributed by atoms with Crippen molar-refractivity contribution >= 4 is 0 Å². The zero-order chi connectivity index (χ0) is 9.94. The van der Waals surface area contributed by atoms with Crippen molar-refractivity contribution in [3.63, 3.8) is 0 Å². The van der Waals surface area contributed by atoms with Crippen molar-refractivity contribution in [2.24, 2.45) is 5.92 Å².